The molecular weight excluding hydrogens is 825 g/mol. The van der Waals surface area contributed by atoms with Crippen LogP contribution in [0.5, 0.6) is 0 Å². The Labute approximate surface area is 378 Å². The van der Waals surface area contributed by atoms with Gasteiger partial charge in [0.15, 0.2) is 0 Å². The third kappa shape index (κ3) is 8.23. The predicted molar refractivity (Wildman–Crippen MR) is 243 cm³/mol. The van der Waals surface area contributed by atoms with E-state index in [1.54, 1.807) is 0 Å². The molecule has 2 saturated carbocycles. The molecule has 2 aliphatic carbocycles. The smallest absolute Gasteiger partial charge is 0.407 e. The van der Waals surface area contributed by atoms with Gasteiger partial charge < -0.3 is 44.6 Å². The van der Waals surface area contributed by atoms with E-state index in [1.807, 2.05) is 49.9 Å². The minimum absolute atomic E-state index is 0.0107. The zero-order valence-electron chi connectivity index (χ0n) is 37.7. The van der Waals surface area contributed by atoms with Crippen LogP contribution >= 0.6 is 0 Å². The second-order valence-corrected chi connectivity index (χ2v) is 19.3. The van der Waals surface area contributed by atoms with Gasteiger partial charge in [-0.3, -0.25) is 9.59 Å². The summed E-state index contributed by atoms with van der Waals surface area (Å²) in [5.41, 5.74) is 5.94. The number of carbonyl (C=O) groups excluding carboxylic acids is 4. The summed E-state index contributed by atoms with van der Waals surface area (Å²) >= 11 is 0. The Hall–Kier alpha value is -6.22. The zero-order valence-corrected chi connectivity index (χ0v) is 37.7. The molecule has 3 aromatic carbocycles. The first kappa shape index (κ1) is 42.7. The SMILES string of the molecule is COC(=O)NC(C(=O)N1C2C[C@@H]2C[C@H]1c1ncc(-c2ccc3cc(-c4ccc(-c5cnc([C@@H]6C[C@H]7C[C@H]7N6C(=O)[C@@H](NC(=O)OC)C(C)C)[nH]5)cc4)ccc3c2)[nH]1)[C@H]1C[C@@H](C)O[C@@H](C)C1. The van der Waals surface area contributed by atoms with E-state index in [9.17, 15) is 19.2 Å². The molecule has 4 N–H and O–H groups in total. The Bertz CT molecular complexity index is 2610. The first-order chi connectivity index (χ1) is 31.4. The number of nitrogens with one attached hydrogen (secondary N) is 4. The third-order valence-electron chi connectivity index (χ3n) is 14.5. The number of methoxy groups -OCH3 is 2. The lowest BCUT2D eigenvalue weighted by Gasteiger charge is -2.38. The number of rotatable bonds is 11. The fraction of sp³-hybridized carbons (Fsp3) is 0.480. The summed E-state index contributed by atoms with van der Waals surface area (Å²) in [6.45, 7) is 7.88. The number of piperidine rings is 2. The molecule has 2 aromatic heterocycles. The molecule has 340 valence electrons. The minimum Gasteiger partial charge on any atom is -0.453 e. The molecule has 0 bridgehead atoms. The van der Waals surface area contributed by atoms with E-state index in [0.29, 0.717) is 24.7 Å². The Balaban J connectivity index is 0.821. The summed E-state index contributed by atoms with van der Waals surface area (Å²) in [5, 5.41) is 7.85. The molecule has 5 aliphatic rings. The second kappa shape index (κ2) is 17.0. The first-order valence-electron chi connectivity index (χ1n) is 23.1. The van der Waals surface area contributed by atoms with Gasteiger partial charge in [0.2, 0.25) is 11.8 Å². The van der Waals surface area contributed by atoms with Gasteiger partial charge >= 0.3 is 12.2 Å². The van der Waals surface area contributed by atoms with Crippen LogP contribution in [-0.2, 0) is 23.8 Å². The summed E-state index contributed by atoms with van der Waals surface area (Å²) in [5.74, 6) is 2.04. The maximum Gasteiger partial charge on any atom is 0.407 e. The molecule has 0 radical (unpaired) electrons. The van der Waals surface area contributed by atoms with E-state index in [1.165, 1.54) is 14.2 Å². The van der Waals surface area contributed by atoms with E-state index in [-0.39, 0.29) is 60.0 Å². The number of alkyl carbamates (subject to hydrolysis) is 2. The highest BCUT2D eigenvalue weighted by Crippen LogP contribution is 2.55. The van der Waals surface area contributed by atoms with Crippen LogP contribution in [0.2, 0.25) is 0 Å². The van der Waals surface area contributed by atoms with Crippen LogP contribution in [0.15, 0.2) is 73.1 Å². The maximum absolute atomic E-state index is 14.5. The third-order valence-corrected chi connectivity index (χ3v) is 14.5. The summed E-state index contributed by atoms with van der Waals surface area (Å²) in [7, 11) is 2.63. The van der Waals surface area contributed by atoms with Crippen molar-refractivity contribution in [3.63, 3.8) is 0 Å². The van der Waals surface area contributed by atoms with Gasteiger partial charge in [0.05, 0.1) is 62.3 Å². The molecule has 15 nitrogen and oxygen atoms in total. The van der Waals surface area contributed by atoms with Gasteiger partial charge in [-0.25, -0.2) is 19.6 Å². The molecule has 3 aliphatic heterocycles. The molecule has 2 unspecified atom stereocenters. The lowest BCUT2D eigenvalue weighted by atomic mass is 9.85. The van der Waals surface area contributed by atoms with Crippen LogP contribution < -0.4 is 10.6 Å². The van der Waals surface area contributed by atoms with Crippen LogP contribution in [0.25, 0.3) is 44.4 Å². The lowest BCUT2D eigenvalue weighted by molar-refractivity contribution is -0.140. The molecule has 10 rings (SSSR count). The number of ether oxygens (including phenoxy) is 3. The van der Waals surface area contributed by atoms with Crippen molar-refractivity contribution in [2.45, 2.75) is 115 Å². The Morgan fingerprint density at radius 2 is 1.14 bits per heavy atom. The number of hydrogen-bond acceptors (Lipinski definition) is 9. The van der Waals surface area contributed by atoms with E-state index in [4.69, 9.17) is 24.2 Å². The van der Waals surface area contributed by atoms with Gasteiger partial charge in [0.25, 0.3) is 0 Å². The number of hydrogen-bond donors (Lipinski definition) is 4. The van der Waals surface area contributed by atoms with Crippen molar-refractivity contribution in [1.29, 1.82) is 0 Å². The van der Waals surface area contributed by atoms with Gasteiger partial charge in [-0.2, -0.15) is 0 Å². The molecule has 11 atom stereocenters. The summed E-state index contributed by atoms with van der Waals surface area (Å²) in [6, 6.07) is 19.8. The largest absolute Gasteiger partial charge is 0.453 e. The van der Waals surface area contributed by atoms with Gasteiger partial charge in [-0.1, -0.05) is 62.4 Å². The van der Waals surface area contributed by atoms with Crippen molar-refractivity contribution in [1.82, 2.24) is 40.4 Å². The molecular formula is C50H58N8O7. The van der Waals surface area contributed by atoms with E-state index >= 15 is 0 Å². The molecule has 5 fully saturated rings. The molecule has 4 amide bonds. The summed E-state index contributed by atoms with van der Waals surface area (Å²) in [6.07, 6.45) is 7.43. The fourth-order valence-electron chi connectivity index (χ4n) is 11.1. The van der Waals surface area contributed by atoms with E-state index < -0.39 is 24.3 Å². The zero-order chi connectivity index (χ0) is 45.3. The standard InChI is InChI=1S/C50H58N8O7/c1-25(2)43(55-49(61)63-5)47(59)57-39-19-34(39)21-41(57)45-51-23-37(53-45)29-9-7-28(8-10-29)30-11-12-32-18-33(14-13-31(32)17-30)38-24-52-46(54-38)42-22-35-20-40(35)58(42)48(60)44(56-50(62)64-6)36-15-26(3)65-27(4)16-36/h7-14,17-18,23-27,34-36,39-44H,15-16,19-22H2,1-6H3,(H,51,53)(H,52,54)(H,55,61)(H,56,62)/t26-,27+,34-,35-,36+,39-,40?,41+,42+,43+,44?/m1/s1. The number of aromatic nitrogens is 4. The number of benzene rings is 3. The Kier molecular flexibility index (Phi) is 11.2. The van der Waals surface area contributed by atoms with Crippen LogP contribution in [0.4, 0.5) is 9.59 Å². The van der Waals surface area contributed by atoms with Crippen LogP contribution in [0.3, 0.4) is 0 Å². The molecule has 0 spiro atoms. The van der Waals surface area contributed by atoms with Crippen molar-refractivity contribution >= 4 is 34.8 Å². The highest BCUT2D eigenvalue weighted by atomic mass is 16.5. The first-order valence-corrected chi connectivity index (χ1v) is 23.1. The average Bonchev–Trinajstić information content (AvgIpc) is 3.89. The topological polar surface area (TPSA) is 184 Å². The number of carbonyl (C=O) groups is 4. The van der Waals surface area contributed by atoms with E-state index in [0.717, 1.165) is 81.7 Å². The molecule has 5 heterocycles. The van der Waals surface area contributed by atoms with Crippen LogP contribution in [-0.4, -0.2) is 104 Å². The Morgan fingerprint density at radius 1 is 0.646 bits per heavy atom. The summed E-state index contributed by atoms with van der Waals surface area (Å²) in [4.78, 5) is 73.5. The number of nitrogens with zero attached hydrogens (tertiary/aromatic N) is 4. The predicted octanol–water partition coefficient (Wildman–Crippen LogP) is 7.92. The van der Waals surface area contributed by atoms with Gasteiger partial charge in [0, 0.05) is 17.6 Å². The van der Waals surface area contributed by atoms with Crippen molar-refractivity contribution in [2.75, 3.05) is 14.2 Å². The second-order valence-electron chi connectivity index (χ2n) is 19.3. The number of fused-ring (bicyclic) bond motifs is 3. The lowest BCUT2D eigenvalue weighted by Crippen LogP contribution is -2.55. The number of amides is 4. The number of aromatic amines is 2. The minimum atomic E-state index is -0.706. The molecule has 5 aromatic rings. The summed E-state index contributed by atoms with van der Waals surface area (Å²) < 4.78 is 15.8. The van der Waals surface area contributed by atoms with Crippen molar-refractivity contribution in [2.24, 2.45) is 23.7 Å². The molecule has 65 heavy (non-hydrogen) atoms. The van der Waals surface area contributed by atoms with E-state index in [2.05, 4.69) is 81.3 Å². The number of H-pyrrole nitrogens is 2. The quantitative estimate of drug-likeness (QED) is 0.102. The molecule has 15 heteroatoms. The van der Waals surface area contributed by atoms with Crippen LogP contribution in [0, 0.1) is 23.7 Å². The highest BCUT2D eigenvalue weighted by Gasteiger charge is 2.58. The molecule has 3 saturated heterocycles. The van der Waals surface area contributed by atoms with Gasteiger partial charge in [-0.05, 0) is 116 Å². The fourth-order valence-corrected chi connectivity index (χ4v) is 11.1. The van der Waals surface area contributed by atoms with Gasteiger partial charge in [0.1, 0.15) is 23.7 Å². The highest BCUT2D eigenvalue weighted by molar-refractivity contribution is 5.91. The maximum atomic E-state index is 14.5. The average molecular weight is 883 g/mol. The normalized spacial score (nSPS) is 27.5. The van der Waals surface area contributed by atoms with Crippen molar-refractivity contribution in [3.05, 3.63) is 84.7 Å². The van der Waals surface area contributed by atoms with Gasteiger partial charge in [-0.15, -0.1) is 0 Å². The number of likely N-dealkylation sites (tertiary alicyclic amines) is 2. The number of imidazole rings is 2. The van der Waals surface area contributed by atoms with Crippen molar-refractivity contribution in [3.8, 4) is 33.6 Å². The monoisotopic (exact) mass is 882 g/mol. The van der Waals surface area contributed by atoms with Crippen molar-refractivity contribution < 1.29 is 33.4 Å². The Morgan fingerprint density at radius 3 is 1.71 bits per heavy atom. The van der Waals surface area contributed by atoms with Crippen LogP contribution in [0.1, 0.15) is 90.0 Å².